The van der Waals surface area contributed by atoms with Gasteiger partial charge in [-0.1, -0.05) is 30.4 Å². The second kappa shape index (κ2) is 8.99. The number of carbonyl (C=O) groups excluding carboxylic acids is 1. The summed E-state index contributed by atoms with van der Waals surface area (Å²) in [6, 6.07) is -0.464. The van der Waals surface area contributed by atoms with Crippen LogP contribution in [0.15, 0.2) is 59.0 Å². The molecule has 1 heterocycles. The van der Waals surface area contributed by atoms with Gasteiger partial charge in [-0.3, -0.25) is 10.1 Å². The third-order valence-corrected chi connectivity index (χ3v) is 5.92. The fourth-order valence-electron chi connectivity index (χ4n) is 4.36. The third-order valence-electron chi connectivity index (χ3n) is 5.92. The van der Waals surface area contributed by atoms with Crippen molar-refractivity contribution in [2.75, 3.05) is 0 Å². The molecule has 28 heavy (non-hydrogen) atoms. The second-order valence-corrected chi connectivity index (χ2v) is 7.87. The SMILES string of the molecule is C/C=C\C1CC(C2=CC(N)C(OC=O)NC2C2C=CC(F)=C(C)C2)=CCC1N. The van der Waals surface area contributed by atoms with Crippen LogP contribution in [0.5, 0.6) is 0 Å². The van der Waals surface area contributed by atoms with Crippen LogP contribution in [-0.4, -0.2) is 30.8 Å². The maximum Gasteiger partial charge on any atom is 0.294 e. The highest BCUT2D eigenvalue weighted by atomic mass is 19.1. The van der Waals surface area contributed by atoms with Gasteiger partial charge in [0, 0.05) is 18.0 Å². The number of allylic oxidation sites excluding steroid dienone is 4. The van der Waals surface area contributed by atoms with Gasteiger partial charge in [-0.05, 0) is 61.8 Å². The molecule has 0 amide bonds. The molecule has 1 aliphatic heterocycles. The van der Waals surface area contributed by atoms with E-state index in [0.717, 1.165) is 24.0 Å². The highest BCUT2D eigenvalue weighted by molar-refractivity contribution is 5.44. The molecule has 0 bridgehead atoms. The fraction of sp³-hybridized carbons (Fsp3) is 0.500. The quantitative estimate of drug-likeness (QED) is 0.498. The van der Waals surface area contributed by atoms with E-state index in [0.29, 0.717) is 12.9 Å². The molecule has 5 N–H and O–H groups in total. The Balaban J connectivity index is 1.92. The molecule has 0 saturated heterocycles. The van der Waals surface area contributed by atoms with Gasteiger partial charge in [-0.15, -0.1) is 0 Å². The molecule has 0 fully saturated rings. The molecule has 5 nitrogen and oxygen atoms in total. The summed E-state index contributed by atoms with van der Waals surface area (Å²) in [4.78, 5) is 10.9. The van der Waals surface area contributed by atoms with Crippen LogP contribution in [0.3, 0.4) is 0 Å². The summed E-state index contributed by atoms with van der Waals surface area (Å²) in [5.74, 6) is 0.145. The van der Waals surface area contributed by atoms with E-state index in [9.17, 15) is 9.18 Å². The first kappa shape index (κ1) is 20.7. The number of hydrogen-bond donors (Lipinski definition) is 3. The van der Waals surface area contributed by atoms with E-state index < -0.39 is 12.3 Å². The second-order valence-electron chi connectivity index (χ2n) is 7.87. The molecule has 2 aliphatic carbocycles. The largest absolute Gasteiger partial charge is 0.447 e. The molecule has 152 valence electrons. The molecule has 0 saturated carbocycles. The number of carbonyl (C=O) groups is 1. The first-order valence-electron chi connectivity index (χ1n) is 9.88. The van der Waals surface area contributed by atoms with Gasteiger partial charge >= 0.3 is 0 Å². The first-order chi connectivity index (χ1) is 13.4. The molecule has 0 aromatic carbocycles. The lowest BCUT2D eigenvalue weighted by Gasteiger charge is -2.40. The number of nitrogens with two attached hydrogens (primary N) is 2. The molecule has 0 radical (unpaired) electrons. The predicted molar refractivity (Wildman–Crippen MR) is 109 cm³/mol. The molecule has 0 aromatic heterocycles. The molecule has 3 rings (SSSR count). The monoisotopic (exact) mass is 387 g/mol. The lowest BCUT2D eigenvalue weighted by Crippen LogP contribution is -2.56. The molecule has 6 heteroatoms. The minimum absolute atomic E-state index is 0.0488. The van der Waals surface area contributed by atoms with Crippen LogP contribution in [0.4, 0.5) is 4.39 Å². The van der Waals surface area contributed by atoms with Crippen LogP contribution in [-0.2, 0) is 9.53 Å². The minimum Gasteiger partial charge on any atom is -0.447 e. The number of rotatable bonds is 5. The Kier molecular flexibility index (Phi) is 6.65. The number of halogens is 1. The van der Waals surface area contributed by atoms with E-state index in [-0.39, 0.29) is 29.7 Å². The van der Waals surface area contributed by atoms with Crippen molar-refractivity contribution in [3.63, 3.8) is 0 Å². The van der Waals surface area contributed by atoms with E-state index >= 15 is 0 Å². The molecule has 6 atom stereocenters. The van der Waals surface area contributed by atoms with Crippen molar-refractivity contribution in [3.05, 3.63) is 59.0 Å². The summed E-state index contributed by atoms with van der Waals surface area (Å²) in [5.41, 5.74) is 15.6. The highest BCUT2D eigenvalue weighted by Gasteiger charge is 2.37. The predicted octanol–water partition coefficient (Wildman–Crippen LogP) is 2.77. The van der Waals surface area contributed by atoms with E-state index in [4.69, 9.17) is 16.2 Å². The van der Waals surface area contributed by atoms with E-state index in [1.165, 1.54) is 11.6 Å². The van der Waals surface area contributed by atoms with Crippen LogP contribution in [0.2, 0.25) is 0 Å². The van der Waals surface area contributed by atoms with Crippen molar-refractivity contribution in [2.45, 2.75) is 57.5 Å². The Morgan fingerprint density at radius 2 is 2.11 bits per heavy atom. The maximum atomic E-state index is 13.8. The van der Waals surface area contributed by atoms with Gasteiger partial charge in [-0.2, -0.15) is 0 Å². The Bertz CT molecular complexity index is 753. The summed E-state index contributed by atoms with van der Waals surface area (Å²) < 4.78 is 19.0. The molecular weight excluding hydrogens is 357 g/mol. The van der Waals surface area contributed by atoms with Crippen LogP contribution in [0.1, 0.15) is 33.1 Å². The van der Waals surface area contributed by atoms with Gasteiger partial charge in [0.05, 0.1) is 6.04 Å². The van der Waals surface area contributed by atoms with Crippen molar-refractivity contribution in [1.82, 2.24) is 5.32 Å². The molecule has 0 spiro atoms. The van der Waals surface area contributed by atoms with Crippen molar-refractivity contribution < 1.29 is 13.9 Å². The van der Waals surface area contributed by atoms with E-state index in [2.05, 4.69) is 17.5 Å². The first-order valence-corrected chi connectivity index (χ1v) is 9.88. The van der Waals surface area contributed by atoms with Crippen molar-refractivity contribution in [3.8, 4) is 0 Å². The molecule has 6 unspecified atom stereocenters. The maximum absolute atomic E-state index is 13.8. The van der Waals surface area contributed by atoms with Gasteiger partial charge in [0.1, 0.15) is 5.83 Å². The standard InChI is InChI=1S/C22H30FN3O2/c1-3-4-15-10-14(6-8-19(15)24)17-11-20(25)22(28-12-27)26-21(17)16-5-7-18(23)13(2)9-16/h3-7,11-12,15-16,19-22,26H,8-10,24-25H2,1-2H3/b4-3-. The average molecular weight is 387 g/mol. The summed E-state index contributed by atoms with van der Waals surface area (Å²) in [7, 11) is 0. The highest BCUT2D eigenvalue weighted by Crippen LogP contribution is 2.37. The fourth-order valence-corrected chi connectivity index (χ4v) is 4.36. The Hall–Kier alpha value is -2.02. The number of hydrogen-bond acceptors (Lipinski definition) is 5. The van der Waals surface area contributed by atoms with Gasteiger partial charge in [0.15, 0.2) is 6.23 Å². The summed E-state index contributed by atoms with van der Waals surface area (Å²) in [5, 5.41) is 3.38. The van der Waals surface area contributed by atoms with Crippen LogP contribution in [0.25, 0.3) is 0 Å². The zero-order valence-electron chi connectivity index (χ0n) is 16.5. The van der Waals surface area contributed by atoms with Crippen molar-refractivity contribution >= 4 is 6.47 Å². The smallest absolute Gasteiger partial charge is 0.294 e. The number of ether oxygens (including phenoxy) is 1. The van der Waals surface area contributed by atoms with E-state index in [1.54, 1.807) is 0 Å². The van der Waals surface area contributed by atoms with Crippen LogP contribution in [0, 0.1) is 11.8 Å². The van der Waals surface area contributed by atoms with Gasteiger partial charge in [0.25, 0.3) is 6.47 Å². The van der Waals surface area contributed by atoms with E-state index in [1.807, 2.05) is 32.1 Å². The summed E-state index contributed by atoms with van der Waals surface area (Å²) >= 11 is 0. The van der Waals surface area contributed by atoms with Crippen molar-refractivity contribution in [2.24, 2.45) is 23.3 Å². The van der Waals surface area contributed by atoms with Gasteiger partial charge < -0.3 is 16.2 Å². The van der Waals surface area contributed by atoms with Crippen LogP contribution >= 0.6 is 0 Å². The lowest BCUT2D eigenvalue weighted by molar-refractivity contribution is -0.136. The van der Waals surface area contributed by atoms with Gasteiger partial charge in [0.2, 0.25) is 0 Å². The Labute approximate surface area is 166 Å². The molecule has 0 aromatic rings. The Morgan fingerprint density at radius 1 is 1.32 bits per heavy atom. The van der Waals surface area contributed by atoms with Crippen molar-refractivity contribution in [1.29, 1.82) is 0 Å². The van der Waals surface area contributed by atoms with Gasteiger partial charge in [-0.25, -0.2) is 4.39 Å². The zero-order chi connectivity index (χ0) is 20.3. The average Bonchev–Trinajstić information content (AvgIpc) is 2.67. The normalized spacial score (nSPS) is 36.3. The Morgan fingerprint density at radius 3 is 2.79 bits per heavy atom. The zero-order valence-corrected chi connectivity index (χ0v) is 16.5. The topological polar surface area (TPSA) is 90.4 Å². The summed E-state index contributed by atoms with van der Waals surface area (Å²) in [6.45, 7) is 4.22. The third kappa shape index (κ3) is 4.35. The molecular formula is C22H30FN3O2. The summed E-state index contributed by atoms with van der Waals surface area (Å²) in [6.07, 6.45) is 13.4. The van der Waals surface area contributed by atoms with Crippen LogP contribution < -0.4 is 16.8 Å². The lowest BCUT2D eigenvalue weighted by atomic mass is 9.75. The number of nitrogens with one attached hydrogen (secondary N) is 1. The molecule has 3 aliphatic rings. The minimum atomic E-state index is -0.603.